The molecule has 3 unspecified atom stereocenters. The molecule has 7 nitrogen and oxygen atoms in total. The monoisotopic (exact) mass is 523 g/mol. The summed E-state index contributed by atoms with van der Waals surface area (Å²) in [4.78, 5) is 29.0. The number of ether oxygens (including phenoxy) is 2. The summed E-state index contributed by atoms with van der Waals surface area (Å²) in [6.45, 7) is 1.91. The van der Waals surface area contributed by atoms with Crippen LogP contribution >= 0.6 is 0 Å². The van der Waals surface area contributed by atoms with Gasteiger partial charge in [0, 0.05) is 29.3 Å². The number of fused-ring (bicyclic) bond motifs is 4. The van der Waals surface area contributed by atoms with Gasteiger partial charge in [-0.3, -0.25) is 9.59 Å². The molecule has 1 aliphatic carbocycles. The number of alkyl halides is 3. The standard InChI is InChI=1S/C28H24F3N3O4/c1-2-3-14-4-5-15(28(29,30)31)12-18(14)27(36)34-24-23-19-13-16(6-8-20(19)38-25(23)24)37-21-10-11-32-26-17(21)7-9-22(35)33-26/h4-6,8,10-13,23-25H,2-3,7,9H2,1H3,(H,34,36)(H,32,33,35). The average molecular weight is 524 g/mol. The van der Waals surface area contributed by atoms with Crippen molar-refractivity contribution in [3.63, 3.8) is 0 Å². The molecular weight excluding hydrogens is 499 g/mol. The molecule has 1 fully saturated rings. The van der Waals surface area contributed by atoms with Crippen LogP contribution in [0.1, 0.15) is 58.3 Å². The Kier molecular flexibility index (Phi) is 5.77. The topological polar surface area (TPSA) is 89.6 Å². The normalized spacial score (nSPS) is 20.9. The highest BCUT2D eigenvalue weighted by molar-refractivity contribution is 5.96. The van der Waals surface area contributed by atoms with Gasteiger partial charge in [0.15, 0.2) is 0 Å². The van der Waals surface area contributed by atoms with E-state index >= 15 is 0 Å². The van der Waals surface area contributed by atoms with E-state index < -0.39 is 17.6 Å². The van der Waals surface area contributed by atoms with Crippen LogP contribution in [0, 0.1) is 0 Å². The third kappa shape index (κ3) is 4.33. The molecule has 1 saturated carbocycles. The molecule has 10 heteroatoms. The molecule has 3 atom stereocenters. The molecule has 3 aromatic rings. The fourth-order valence-corrected chi connectivity index (χ4v) is 5.24. The van der Waals surface area contributed by atoms with Gasteiger partial charge in [-0.1, -0.05) is 19.4 Å². The lowest BCUT2D eigenvalue weighted by Gasteiger charge is -2.19. The van der Waals surface area contributed by atoms with Crippen LogP contribution in [0.15, 0.2) is 48.7 Å². The van der Waals surface area contributed by atoms with Crippen LogP contribution in [0.5, 0.6) is 17.2 Å². The van der Waals surface area contributed by atoms with E-state index in [2.05, 4.69) is 15.6 Å². The highest BCUT2D eigenvalue weighted by atomic mass is 19.4. The third-order valence-electron chi connectivity index (χ3n) is 7.16. The lowest BCUT2D eigenvalue weighted by atomic mass is 9.99. The lowest BCUT2D eigenvalue weighted by molar-refractivity contribution is -0.137. The first kappa shape index (κ1) is 24.3. The molecule has 196 valence electrons. The van der Waals surface area contributed by atoms with Gasteiger partial charge in [-0.15, -0.1) is 0 Å². The highest BCUT2D eigenvalue weighted by Crippen LogP contribution is 2.54. The van der Waals surface area contributed by atoms with Crippen molar-refractivity contribution in [2.45, 2.75) is 56.8 Å². The number of rotatable bonds is 6. The van der Waals surface area contributed by atoms with Crippen molar-refractivity contribution in [1.82, 2.24) is 10.3 Å². The van der Waals surface area contributed by atoms with Gasteiger partial charge in [0.25, 0.3) is 5.91 Å². The molecule has 0 saturated heterocycles. The van der Waals surface area contributed by atoms with Crippen LogP contribution in [0.2, 0.25) is 0 Å². The van der Waals surface area contributed by atoms with E-state index in [4.69, 9.17) is 9.47 Å². The molecule has 2 N–H and O–H groups in total. The first-order valence-corrected chi connectivity index (χ1v) is 12.5. The number of hydrogen-bond donors (Lipinski definition) is 2. The number of carbonyl (C=O) groups excluding carboxylic acids is 2. The first-order valence-electron chi connectivity index (χ1n) is 12.5. The Morgan fingerprint density at radius 2 is 2.03 bits per heavy atom. The van der Waals surface area contributed by atoms with E-state index in [1.807, 2.05) is 13.0 Å². The van der Waals surface area contributed by atoms with E-state index in [0.29, 0.717) is 54.3 Å². The second-order valence-electron chi connectivity index (χ2n) is 9.71. The Balaban J connectivity index is 1.20. The second-order valence-corrected chi connectivity index (χ2v) is 9.71. The van der Waals surface area contributed by atoms with Crippen molar-refractivity contribution in [1.29, 1.82) is 0 Å². The largest absolute Gasteiger partial charge is 0.487 e. The maximum atomic E-state index is 13.3. The van der Waals surface area contributed by atoms with E-state index in [9.17, 15) is 22.8 Å². The molecule has 0 spiro atoms. The fourth-order valence-electron chi connectivity index (χ4n) is 5.24. The molecule has 0 bridgehead atoms. The van der Waals surface area contributed by atoms with E-state index in [1.165, 1.54) is 6.07 Å². The first-order chi connectivity index (χ1) is 18.2. The number of nitrogens with zero attached hydrogens (tertiary/aromatic N) is 1. The number of nitrogens with one attached hydrogen (secondary N) is 2. The number of hydrogen-bond acceptors (Lipinski definition) is 5. The van der Waals surface area contributed by atoms with Crippen LogP contribution in [0.3, 0.4) is 0 Å². The molecule has 2 aliphatic heterocycles. The van der Waals surface area contributed by atoms with Gasteiger partial charge >= 0.3 is 6.18 Å². The smallest absolute Gasteiger partial charge is 0.416 e. The Morgan fingerprint density at radius 3 is 2.82 bits per heavy atom. The van der Waals surface area contributed by atoms with Crippen LogP contribution in [-0.4, -0.2) is 28.9 Å². The second kappa shape index (κ2) is 9.04. The van der Waals surface area contributed by atoms with Crippen LogP contribution < -0.4 is 20.1 Å². The van der Waals surface area contributed by atoms with Crippen molar-refractivity contribution < 1.29 is 32.2 Å². The zero-order valence-corrected chi connectivity index (χ0v) is 20.4. The Bertz CT molecular complexity index is 1460. The van der Waals surface area contributed by atoms with Crippen LogP contribution in [-0.2, 0) is 23.8 Å². The van der Waals surface area contributed by atoms with Crippen molar-refractivity contribution in [2.75, 3.05) is 5.32 Å². The number of pyridine rings is 1. The predicted molar refractivity (Wildman–Crippen MR) is 132 cm³/mol. The van der Waals surface area contributed by atoms with Gasteiger partial charge in [-0.05, 0) is 54.8 Å². The summed E-state index contributed by atoms with van der Waals surface area (Å²) in [5.41, 5.74) is 1.46. The van der Waals surface area contributed by atoms with Crippen molar-refractivity contribution in [2.24, 2.45) is 0 Å². The molecule has 3 aliphatic rings. The molecule has 0 radical (unpaired) electrons. The Labute approximate surface area is 216 Å². The molecule has 6 rings (SSSR count). The quantitative estimate of drug-likeness (QED) is 0.453. The molecular formula is C28H24F3N3O4. The average Bonchev–Trinajstić information content (AvgIpc) is 3.40. The number of amides is 2. The lowest BCUT2D eigenvalue weighted by Crippen LogP contribution is -2.31. The number of benzene rings is 2. The summed E-state index contributed by atoms with van der Waals surface area (Å²) >= 11 is 0. The summed E-state index contributed by atoms with van der Waals surface area (Å²) in [5.74, 6) is 1.59. The summed E-state index contributed by atoms with van der Waals surface area (Å²) in [6, 6.07) is 10.2. The maximum Gasteiger partial charge on any atom is 0.416 e. The summed E-state index contributed by atoms with van der Waals surface area (Å²) in [7, 11) is 0. The fraction of sp³-hybridized carbons (Fsp3) is 0.321. The number of carbonyl (C=O) groups is 2. The van der Waals surface area contributed by atoms with Crippen molar-refractivity contribution in [3.05, 3.63) is 76.5 Å². The summed E-state index contributed by atoms with van der Waals surface area (Å²) in [6.07, 6.45) is -1.18. The van der Waals surface area contributed by atoms with E-state index in [0.717, 1.165) is 23.3 Å². The van der Waals surface area contributed by atoms with Gasteiger partial charge < -0.3 is 20.1 Å². The predicted octanol–water partition coefficient (Wildman–Crippen LogP) is 5.39. The highest BCUT2D eigenvalue weighted by Gasteiger charge is 2.59. The van der Waals surface area contributed by atoms with Crippen LogP contribution in [0.4, 0.5) is 19.0 Å². The van der Waals surface area contributed by atoms with Crippen LogP contribution in [0.25, 0.3) is 0 Å². The minimum atomic E-state index is -4.53. The van der Waals surface area contributed by atoms with Crippen molar-refractivity contribution >= 4 is 17.6 Å². The number of aryl methyl sites for hydroxylation is 1. The summed E-state index contributed by atoms with van der Waals surface area (Å²) in [5, 5.41) is 5.63. The zero-order chi connectivity index (χ0) is 26.6. The SMILES string of the molecule is CCCc1ccc(C(F)(F)F)cc1C(=O)NC1C2Oc3ccc(Oc4ccnc5c4CCC(=O)N5)cc3C12. The summed E-state index contributed by atoms with van der Waals surface area (Å²) < 4.78 is 52.0. The number of halogens is 3. The van der Waals surface area contributed by atoms with Gasteiger partial charge in [0.05, 0.1) is 17.5 Å². The number of aromatic nitrogens is 1. The van der Waals surface area contributed by atoms with Crippen molar-refractivity contribution in [3.8, 4) is 17.2 Å². The molecule has 2 amide bonds. The van der Waals surface area contributed by atoms with Gasteiger partial charge in [0.2, 0.25) is 5.91 Å². The Morgan fingerprint density at radius 1 is 1.18 bits per heavy atom. The minimum Gasteiger partial charge on any atom is -0.487 e. The molecule has 1 aromatic heterocycles. The molecule has 38 heavy (non-hydrogen) atoms. The Hall–Kier alpha value is -4.08. The maximum absolute atomic E-state index is 13.3. The third-order valence-corrected chi connectivity index (χ3v) is 7.16. The number of anilines is 1. The van der Waals surface area contributed by atoms with E-state index in [-0.39, 0.29) is 29.5 Å². The van der Waals surface area contributed by atoms with Gasteiger partial charge in [0.1, 0.15) is 29.2 Å². The zero-order valence-electron chi connectivity index (χ0n) is 20.4. The molecule has 2 aromatic carbocycles. The van der Waals surface area contributed by atoms with E-state index in [1.54, 1.807) is 24.4 Å². The molecule has 3 heterocycles. The van der Waals surface area contributed by atoms with Gasteiger partial charge in [-0.2, -0.15) is 13.2 Å². The van der Waals surface area contributed by atoms with Gasteiger partial charge in [-0.25, -0.2) is 4.98 Å². The minimum absolute atomic E-state index is 0.0403.